The van der Waals surface area contributed by atoms with E-state index in [2.05, 4.69) is 6.92 Å². The second-order valence-corrected chi connectivity index (χ2v) is 7.64. The smallest absolute Gasteiger partial charge is 0.329 e. The maximum atomic E-state index is 12.1. The summed E-state index contributed by atoms with van der Waals surface area (Å²) >= 11 is 6.15. The summed E-state index contributed by atoms with van der Waals surface area (Å²) in [4.78, 5) is 12.1. The molecule has 0 saturated carbocycles. The van der Waals surface area contributed by atoms with Crippen LogP contribution in [0.5, 0.6) is 11.5 Å². The predicted octanol–water partition coefficient (Wildman–Crippen LogP) is 6.87. The van der Waals surface area contributed by atoms with Gasteiger partial charge in [-0.3, -0.25) is 4.79 Å². The van der Waals surface area contributed by atoms with Gasteiger partial charge < -0.3 is 9.47 Å². The van der Waals surface area contributed by atoms with E-state index in [0.717, 1.165) is 36.3 Å². The van der Waals surface area contributed by atoms with Crippen molar-refractivity contribution in [3.05, 3.63) is 48.5 Å². The Morgan fingerprint density at radius 2 is 1.46 bits per heavy atom. The molecule has 2 atom stereocenters. The molecule has 0 spiro atoms. The Morgan fingerprint density at radius 3 is 2.00 bits per heavy atom. The molecule has 28 heavy (non-hydrogen) atoms. The molecule has 0 bridgehead atoms. The molecule has 0 aromatic heterocycles. The zero-order chi connectivity index (χ0) is 20.4. The summed E-state index contributed by atoms with van der Waals surface area (Å²) in [7, 11) is 0. The highest BCUT2D eigenvalue weighted by molar-refractivity contribution is 6.30. The van der Waals surface area contributed by atoms with Crippen molar-refractivity contribution in [1.29, 1.82) is 0 Å². The Bertz CT molecular complexity index is 710. The van der Waals surface area contributed by atoms with Crippen LogP contribution in [0.1, 0.15) is 52.9 Å². The molecule has 0 amide bonds. The molecule has 2 rings (SSSR count). The number of esters is 1. The number of alkyl halides is 1. The van der Waals surface area contributed by atoms with Crippen LogP contribution in [0, 0.1) is 5.92 Å². The minimum Gasteiger partial charge on any atom is -0.494 e. The molecular weight excluding hydrogens is 372 g/mol. The van der Waals surface area contributed by atoms with Gasteiger partial charge in [0.1, 0.15) is 16.9 Å². The standard InChI is InChI=1S/C24H31ClO3/c1-4-6-7-8-17-27-21-13-9-19(10-14-21)20-11-15-22(16-12-20)28-24(26)23(25)18(3)5-2/h9-16,18,23H,4-8,17H2,1-3H3. The van der Waals surface area contributed by atoms with E-state index in [1.807, 2.05) is 50.2 Å². The fourth-order valence-electron chi connectivity index (χ4n) is 2.79. The third kappa shape index (κ3) is 6.87. The molecule has 0 heterocycles. The van der Waals surface area contributed by atoms with Gasteiger partial charge in [0.25, 0.3) is 0 Å². The van der Waals surface area contributed by atoms with E-state index in [-0.39, 0.29) is 5.92 Å². The molecule has 0 N–H and O–H groups in total. The summed E-state index contributed by atoms with van der Waals surface area (Å²) in [5.41, 5.74) is 2.14. The number of halogens is 1. The quantitative estimate of drug-likeness (QED) is 0.178. The lowest BCUT2D eigenvalue weighted by molar-refractivity contribution is -0.134. The van der Waals surface area contributed by atoms with Crippen molar-refractivity contribution in [3.63, 3.8) is 0 Å². The van der Waals surface area contributed by atoms with E-state index in [1.54, 1.807) is 12.1 Å². The minimum atomic E-state index is -0.626. The van der Waals surface area contributed by atoms with E-state index in [9.17, 15) is 4.79 Å². The first kappa shape index (κ1) is 22.3. The largest absolute Gasteiger partial charge is 0.494 e. The molecule has 3 nitrogen and oxygen atoms in total. The van der Waals surface area contributed by atoms with Gasteiger partial charge in [0.15, 0.2) is 0 Å². The van der Waals surface area contributed by atoms with Gasteiger partial charge in [0.05, 0.1) is 6.61 Å². The summed E-state index contributed by atoms with van der Waals surface area (Å²) < 4.78 is 11.2. The number of carbonyl (C=O) groups is 1. The number of hydrogen-bond donors (Lipinski definition) is 0. The third-order valence-corrected chi connectivity index (χ3v) is 5.50. The number of carbonyl (C=O) groups excluding carboxylic acids is 1. The van der Waals surface area contributed by atoms with Crippen LogP contribution in [0.15, 0.2) is 48.5 Å². The van der Waals surface area contributed by atoms with E-state index in [4.69, 9.17) is 21.1 Å². The summed E-state index contributed by atoms with van der Waals surface area (Å²) in [5, 5.41) is -0.626. The van der Waals surface area contributed by atoms with Gasteiger partial charge in [0, 0.05) is 0 Å². The molecule has 0 aliphatic heterocycles. The van der Waals surface area contributed by atoms with Crippen molar-refractivity contribution >= 4 is 17.6 Å². The zero-order valence-electron chi connectivity index (χ0n) is 17.1. The monoisotopic (exact) mass is 402 g/mol. The topological polar surface area (TPSA) is 35.5 Å². The fraction of sp³-hybridized carbons (Fsp3) is 0.458. The summed E-state index contributed by atoms with van der Waals surface area (Å²) in [6.45, 7) is 6.92. The SMILES string of the molecule is CCCCCCOc1ccc(-c2ccc(OC(=O)C(Cl)C(C)CC)cc2)cc1. The predicted molar refractivity (Wildman–Crippen MR) is 116 cm³/mol. The highest BCUT2D eigenvalue weighted by atomic mass is 35.5. The molecule has 152 valence electrons. The van der Waals surface area contributed by atoms with Crippen LogP contribution in [0.4, 0.5) is 0 Å². The van der Waals surface area contributed by atoms with E-state index < -0.39 is 11.3 Å². The van der Waals surface area contributed by atoms with E-state index >= 15 is 0 Å². The van der Waals surface area contributed by atoms with Crippen molar-refractivity contribution in [2.24, 2.45) is 5.92 Å². The van der Waals surface area contributed by atoms with Crippen molar-refractivity contribution in [2.75, 3.05) is 6.61 Å². The van der Waals surface area contributed by atoms with Crippen LogP contribution in [-0.2, 0) is 4.79 Å². The third-order valence-electron chi connectivity index (χ3n) is 4.90. The molecular formula is C24H31ClO3. The lowest BCUT2D eigenvalue weighted by Crippen LogP contribution is -2.26. The second kappa shape index (κ2) is 11.8. The van der Waals surface area contributed by atoms with Gasteiger partial charge in [-0.25, -0.2) is 0 Å². The van der Waals surface area contributed by atoms with Crippen LogP contribution < -0.4 is 9.47 Å². The average Bonchev–Trinajstić information content (AvgIpc) is 2.73. The van der Waals surface area contributed by atoms with Crippen molar-refractivity contribution in [3.8, 4) is 22.6 Å². The molecule has 4 heteroatoms. The maximum absolute atomic E-state index is 12.1. The summed E-state index contributed by atoms with van der Waals surface area (Å²) in [6.07, 6.45) is 5.64. The molecule has 2 unspecified atom stereocenters. The molecule has 2 aromatic carbocycles. The average molecular weight is 403 g/mol. The Labute approximate surface area is 174 Å². The number of rotatable bonds is 11. The van der Waals surface area contributed by atoms with E-state index in [0.29, 0.717) is 5.75 Å². The Hall–Kier alpha value is -2.00. The van der Waals surface area contributed by atoms with Crippen molar-refractivity contribution < 1.29 is 14.3 Å². The lowest BCUT2D eigenvalue weighted by Gasteiger charge is -2.15. The summed E-state index contributed by atoms with van der Waals surface area (Å²) in [6, 6.07) is 15.5. The normalized spacial score (nSPS) is 13.0. The van der Waals surface area contributed by atoms with Crippen LogP contribution >= 0.6 is 11.6 Å². The van der Waals surface area contributed by atoms with Crippen molar-refractivity contribution in [2.45, 2.75) is 58.3 Å². The number of hydrogen-bond acceptors (Lipinski definition) is 3. The first-order valence-corrected chi connectivity index (χ1v) is 10.7. The Morgan fingerprint density at radius 1 is 0.893 bits per heavy atom. The van der Waals surface area contributed by atoms with Gasteiger partial charge in [-0.2, -0.15) is 0 Å². The maximum Gasteiger partial charge on any atom is 0.329 e. The first-order valence-electron chi connectivity index (χ1n) is 10.2. The van der Waals surface area contributed by atoms with Crippen molar-refractivity contribution in [1.82, 2.24) is 0 Å². The Kier molecular flexibility index (Phi) is 9.36. The molecule has 0 radical (unpaired) electrons. The molecule has 0 aliphatic rings. The molecule has 0 fully saturated rings. The fourth-order valence-corrected chi connectivity index (χ4v) is 3.01. The van der Waals surface area contributed by atoms with Gasteiger partial charge >= 0.3 is 5.97 Å². The van der Waals surface area contributed by atoms with Gasteiger partial charge in [-0.1, -0.05) is 70.7 Å². The number of unbranched alkanes of at least 4 members (excludes halogenated alkanes) is 3. The van der Waals surface area contributed by atoms with Gasteiger partial charge in [-0.15, -0.1) is 11.6 Å². The highest BCUT2D eigenvalue weighted by Crippen LogP contribution is 2.25. The van der Waals surface area contributed by atoms with Crippen LogP contribution in [0.25, 0.3) is 11.1 Å². The highest BCUT2D eigenvalue weighted by Gasteiger charge is 2.23. The first-order chi connectivity index (χ1) is 13.5. The lowest BCUT2D eigenvalue weighted by atomic mass is 10.0. The van der Waals surface area contributed by atoms with Gasteiger partial charge in [-0.05, 0) is 47.7 Å². The molecule has 0 aliphatic carbocycles. The minimum absolute atomic E-state index is 0.0841. The second-order valence-electron chi connectivity index (χ2n) is 7.17. The van der Waals surface area contributed by atoms with Crippen LogP contribution in [0.3, 0.4) is 0 Å². The molecule has 0 saturated heterocycles. The number of benzene rings is 2. The number of ether oxygens (including phenoxy) is 2. The van der Waals surface area contributed by atoms with Gasteiger partial charge in [0.2, 0.25) is 0 Å². The van der Waals surface area contributed by atoms with Crippen LogP contribution in [0.2, 0.25) is 0 Å². The zero-order valence-corrected chi connectivity index (χ0v) is 17.9. The Balaban J connectivity index is 1.89. The summed E-state index contributed by atoms with van der Waals surface area (Å²) in [5.74, 6) is 1.09. The van der Waals surface area contributed by atoms with E-state index in [1.165, 1.54) is 19.3 Å². The van der Waals surface area contributed by atoms with Crippen LogP contribution in [-0.4, -0.2) is 18.0 Å². The molecule has 2 aromatic rings.